The minimum absolute atomic E-state index is 0.0163. The number of aliphatic hydroxyl groups is 1. The molecule has 5 heteroatoms. The second kappa shape index (κ2) is 5.98. The van der Waals surface area contributed by atoms with Gasteiger partial charge in [0, 0.05) is 7.11 Å². The van der Waals surface area contributed by atoms with Crippen LogP contribution >= 0.6 is 0 Å². The predicted octanol–water partition coefficient (Wildman–Crippen LogP) is 3.43. The van der Waals surface area contributed by atoms with Gasteiger partial charge in [-0.1, -0.05) is 12.1 Å². The van der Waals surface area contributed by atoms with E-state index in [0.29, 0.717) is 5.57 Å². The van der Waals surface area contributed by atoms with Crippen molar-refractivity contribution in [2.75, 3.05) is 7.11 Å². The van der Waals surface area contributed by atoms with Crippen molar-refractivity contribution in [3.8, 4) is 0 Å². The lowest BCUT2D eigenvalue weighted by Gasteiger charge is -2.32. The molecule has 1 aliphatic rings. The second-order valence-corrected chi connectivity index (χ2v) is 6.49. The van der Waals surface area contributed by atoms with Gasteiger partial charge in [0.25, 0.3) is 5.91 Å². The molecular weight excluding hydrogens is 294 g/mol. The maximum absolute atomic E-state index is 12.9. The summed E-state index contributed by atoms with van der Waals surface area (Å²) in [6.45, 7) is 11.1. The number of aliphatic hydroxyl groups excluding tert-OH is 1. The van der Waals surface area contributed by atoms with Crippen LogP contribution in [-0.4, -0.2) is 35.0 Å². The van der Waals surface area contributed by atoms with Gasteiger partial charge in [0.05, 0.1) is 5.57 Å². The van der Waals surface area contributed by atoms with Gasteiger partial charge in [-0.25, -0.2) is 9.90 Å². The summed E-state index contributed by atoms with van der Waals surface area (Å²) in [5, 5.41) is 11.9. The Morgan fingerprint density at radius 2 is 1.74 bits per heavy atom. The molecule has 0 fully saturated rings. The number of ether oxygens (including phenoxy) is 1. The quantitative estimate of drug-likeness (QED) is 0.864. The number of rotatable bonds is 4. The Labute approximate surface area is 137 Å². The van der Waals surface area contributed by atoms with Crippen molar-refractivity contribution in [1.29, 1.82) is 0 Å². The number of carbonyl (C=O) groups excluding carboxylic acids is 1. The van der Waals surface area contributed by atoms with Crippen LogP contribution in [0.15, 0.2) is 17.9 Å². The zero-order chi connectivity index (χ0) is 17.5. The first-order valence-electron chi connectivity index (χ1n) is 7.68. The van der Waals surface area contributed by atoms with Crippen molar-refractivity contribution >= 4 is 11.5 Å². The number of hydroxylamine groups is 2. The number of benzene rings is 1. The van der Waals surface area contributed by atoms with Crippen LogP contribution in [0, 0.1) is 20.8 Å². The fourth-order valence-corrected chi connectivity index (χ4v) is 2.79. The number of methoxy groups -OCH3 is 1. The van der Waals surface area contributed by atoms with E-state index < -0.39 is 11.8 Å². The Morgan fingerprint density at radius 1 is 1.17 bits per heavy atom. The van der Waals surface area contributed by atoms with E-state index in [4.69, 9.17) is 9.57 Å². The molecule has 23 heavy (non-hydrogen) atoms. The Balaban J connectivity index is 2.58. The molecule has 126 valence electrons. The van der Waals surface area contributed by atoms with E-state index in [1.54, 1.807) is 20.8 Å². The fourth-order valence-electron chi connectivity index (χ4n) is 2.79. The lowest BCUT2D eigenvalue weighted by Crippen LogP contribution is -2.45. The highest BCUT2D eigenvalue weighted by Crippen LogP contribution is 2.41. The third kappa shape index (κ3) is 2.75. The van der Waals surface area contributed by atoms with Crippen molar-refractivity contribution in [1.82, 2.24) is 5.06 Å². The van der Waals surface area contributed by atoms with E-state index in [1.165, 1.54) is 12.2 Å². The normalized spacial score (nSPS) is 18.7. The number of hydrogen-bond donors (Lipinski definition) is 1. The van der Waals surface area contributed by atoms with Gasteiger partial charge in [-0.2, -0.15) is 0 Å². The SMILES string of the molecule is COC(C)ON1C(=O)C(c2c(C)ccc(C)c2C)=C(O)C1(C)C. The monoisotopic (exact) mass is 319 g/mol. The summed E-state index contributed by atoms with van der Waals surface area (Å²) in [5.41, 5.74) is 3.12. The van der Waals surface area contributed by atoms with Crippen molar-refractivity contribution in [3.05, 3.63) is 40.1 Å². The van der Waals surface area contributed by atoms with E-state index in [0.717, 1.165) is 22.3 Å². The molecule has 0 saturated carbocycles. The third-order valence-electron chi connectivity index (χ3n) is 4.50. The summed E-state index contributed by atoms with van der Waals surface area (Å²) in [6, 6.07) is 3.97. The van der Waals surface area contributed by atoms with Crippen LogP contribution in [-0.2, 0) is 14.4 Å². The first-order chi connectivity index (χ1) is 10.6. The largest absolute Gasteiger partial charge is 0.509 e. The highest BCUT2D eigenvalue weighted by atomic mass is 16.8. The Kier molecular flexibility index (Phi) is 4.55. The van der Waals surface area contributed by atoms with Crippen LogP contribution in [0.3, 0.4) is 0 Å². The van der Waals surface area contributed by atoms with Crippen molar-refractivity contribution in [3.63, 3.8) is 0 Å². The highest BCUT2D eigenvalue weighted by molar-refractivity contribution is 6.23. The molecule has 1 N–H and O–H groups in total. The zero-order valence-corrected chi connectivity index (χ0v) is 14.9. The van der Waals surface area contributed by atoms with Gasteiger partial charge >= 0.3 is 0 Å². The first kappa shape index (κ1) is 17.5. The second-order valence-electron chi connectivity index (χ2n) is 6.49. The molecule has 1 unspecified atom stereocenters. The molecule has 1 aromatic rings. The van der Waals surface area contributed by atoms with Crippen LogP contribution < -0.4 is 0 Å². The number of hydrogen-bond acceptors (Lipinski definition) is 4. The fraction of sp³-hybridized carbons (Fsp3) is 0.500. The predicted molar refractivity (Wildman–Crippen MR) is 88.7 cm³/mol. The van der Waals surface area contributed by atoms with Crippen LogP contribution in [0.4, 0.5) is 0 Å². The molecule has 0 saturated heterocycles. The summed E-state index contributed by atoms with van der Waals surface area (Å²) in [6.07, 6.45) is -0.593. The number of nitrogens with zero attached hydrogens (tertiary/aromatic N) is 1. The van der Waals surface area contributed by atoms with Gasteiger partial charge in [0.2, 0.25) is 0 Å². The smallest absolute Gasteiger partial charge is 0.282 e. The zero-order valence-electron chi connectivity index (χ0n) is 14.9. The average molecular weight is 319 g/mol. The minimum Gasteiger partial charge on any atom is -0.509 e. The summed E-state index contributed by atoms with van der Waals surface area (Å²) in [7, 11) is 1.50. The van der Waals surface area contributed by atoms with Gasteiger partial charge in [0.15, 0.2) is 6.29 Å². The topological polar surface area (TPSA) is 59.0 Å². The van der Waals surface area contributed by atoms with E-state index in [2.05, 4.69) is 0 Å². The minimum atomic E-state index is -0.957. The highest BCUT2D eigenvalue weighted by Gasteiger charge is 2.48. The summed E-state index contributed by atoms with van der Waals surface area (Å²) < 4.78 is 5.08. The van der Waals surface area contributed by atoms with Crippen LogP contribution in [0.25, 0.3) is 5.57 Å². The van der Waals surface area contributed by atoms with Gasteiger partial charge in [-0.3, -0.25) is 4.79 Å². The summed E-state index contributed by atoms with van der Waals surface area (Å²) in [4.78, 5) is 18.5. The first-order valence-corrected chi connectivity index (χ1v) is 7.68. The number of carbonyl (C=O) groups is 1. The van der Waals surface area contributed by atoms with Crippen LogP contribution in [0.5, 0.6) is 0 Å². The lowest BCUT2D eigenvalue weighted by molar-refractivity contribution is -0.276. The maximum atomic E-state index is 12.9. The molecule has 2 rings (SSSR count). The molecule has 1 heterocycles. The van der Waals surface area contributed by atoms with E-state index in [9.17, 15) is 9.90 Å². The number of amides is 1. The molecule has 1 atom stereocenters. The van der Waals surface area contributed by atoms with Crippen LogP contribution in [0.2, 0.25) is 0 Å². The van der Waals surface area contributed by atoms with Crippen molar-refractivity contribution in [2.45, 2.75) is 53.4 Å². The van der Waals surface area contributed by atoms with E-state index in [-0.39, 0.29) is 11.7 Å². The van der Waals surface area contributed by atoms with Gasteiger partial charge in [-0.05, 0) is 63.8 Å². The molecule has 1 aromatic carbocycles. The molecule has 0 bridgehead atoms. The van der Waals surface area contributed by atoms with E-state index >= 15 is 0 Å². The van der Waals surface area contributed by atoms with Gasteiger partial charge in [-0.15, -0.1) is 0 Å². The van der Waals surface area contributed by atoms with E-state index in [1.807, 2.05) is 32.9 Å². The van der Waals surface area contributed by atoms with Crippen molar-refractivity contribution in [2.24, 2.45) is 0 Å². The Morgan fingerprint density at radius 3 is 2.30 bits per heavy atom. The lowest BCUT2D eigenvalue weighted by atomic mass is 9.90. The summed E-state index contributed by atoms with van der Waals surface area (Å²) in [5.74, 6) is -0.337. The van der Waals surface area contributed by atoms with Crippen LogP contribution in [0.1, 0.15) is 43.0 Å². The Hall–Kier alpha value is -1.85. The molecular formula is C18H25NO4. The third-order valence-corrected chi connectivity index (χ3v) is 4.50. The molecule has 0 spiro atoms. The number of aryl methyl sites for hydroxylation is 2. The average Bonchev–Trinajstić information content (AvgIpc) is 2.65. The molecule has 1 aliphatic heterocycles. The standard InChI is InChI=1S/C18H25NO4/c1-10-8-9-11(2)14(12(10)3)15-16(20)18(5,6)19(17(15)21)23-13(4)22-7/h8-9,13,20H,1-7H3. The molecule has 0 aromatic heterocycles. The Bertz CT molecular complexity index is 676. The summed E-state index contributed by atoms with van der Waals surface area (Å²) >= 11 is 0. The van der Waals surface area contributed by atoms with Crippen molar-refractivity contribution < 1.29 is 19.5 Å². The van der Waals surface area contributed by atoms with Gasteiger partial charge in [0.1, 0.15) is 11.3 Å². The molecule has 1 amide bonds. The van der Waals surface area contributed by atoms with Gasteiger partial charge < -0.3 is 9.84 Å². The molecule has 0 radical (unpaired) electrons. The maximum Gasteiger partial charge on any atom is 0.282 e. The molecule has 0 aliphatic carbocycles. The molecule has 5 nitrogen and oxygen atoms in total.